The minimum Gasteiger partial charge on any atom is -0.340 e. The number of amides is 2. The summed E-state index contributed by atoms with van der Waals surface area (Å²) >= 11 is 1.47. The zero-order valence-corrected chi connectivity index (χ0v) is 17.4. The maximum absolute atomic E-state index is 13.1. The average Bonchev–Trinajstić information content (AvgIpc) is 2.85. The first kappa shape index (κ1) is 21.0. The van der Waals surface area contributed by atoms with E-state index in [4.69, 9.17) is 0 Å². The monoisotopic (exact) mass is 413 g/mol. The molecule has 0 saturated carbocycles. The summed E-state index contributed by atoms with van der Waals surface area (Å²) in [4.78, 5) is 26.6. The molecule has 5 nitrogen and oxygen atoms in total. The van der Waals surface area contributed by atoms with Gasteiger partial charge < -0.3 is 10.6 Å². The highest BCUT2D eigenvalue weighted by molar-refractivity contribution is 7.16. The van der Waals surface area contributed by atoms with E-state index in [1.807, 2.05) is 13.8 Å². The van der Waals surface area contributed by atoms with Crippen molar-refractivity contribution in [2.75, 3.05) is 5.32 Å². The molecule has 1 atom stereocenters. The van der Waals surface area contributed by atoms with E-state index in [9.17, 15) is 19.2 Å². The second-order valence-electron chi connectivity index (χ2n) is 7.57. The number of anilines is 1. The second kappa shape index (κ2) is 9.19. The number of hydrogen-bond acceptors (Lipinski definition) is 4. The lowest BCUT2D eigenvalue weighted by Gasteiger charge is -2.21. The molecule has 0 bridgehead atoms. The third-order valence-electron chi connectivity index (χ3n) is 5.11. The standard InChI is InChI=1S/C22H24FN3O2S/c1-13(2)19(25-20(27)14-8-10-15(23)11-9-14)21(28)26-22-17(12-24)16-6-4-3-5-7-18(16)29-22/h8-11,13,19H,3-7H2,1-2H3,(H,25,27)(H,26,28). The van der Waals surface area contributed by atoms with E-state index in [2.05, 4.69) is 16.7 Å². The number of carbonyl (C=O) groups is 2. The first-order chi connectivity index (χ1) is 13.9. The van der Waals surface area contributed by atoms with Crippen molar-refractivity contribution in [1.82, 2.24) is 5.32 Å². The van der Waals surface area contributed by atoms with Crippen LogP contribution in [-0.4, -0.2) is 17.9 Å². The zero-order chi connectivity index (χ0) is 21.0. The summed E-state index contributed by atoms with van der Waals surface area (Å²) in [6.45, 7) is 3.67. The summed E-state index contributed by atoms with van der Waals surface area (Å²) in [6, 6.07) is 6.64. The summed E-state index contributed by atoms with van der Waals surface area (Å²) in [5.74, 6) is -1.39. The van der Waals surface area contributed by atoms with Crippen LogP contribution in [0, 0.1) is 23.1 Å². The number of nitrogens with zero attached hydrogens (tertiary/aromatic N) is 1. The molecule has 1 aliphatic rings. The maximum atomic E-state index is 13.1. The molecule has 1 aromatic heterocycles. The predicted octanol–water partition coefficient (Wildman–Crippen LogP) is 4.42. The van der Waals surface area contributed by atoms with Gasteiger partial charge in [0.25, 0.3) is 5.91 Å². The van der Waals surface area contributed by atoms with Crippen molar-refractivity contribution < 1.29 is 14.0 Å². The minimum absolute atomic E-state index is 0.164. The third-order valence-corrected chi connectivity index (χ3v) is 6.32. The van der Waals surface area contributed by atoms with Crippen LogP contribution in [0.1, 0.15) is 59.5 Å². The van der Waals surface area contributed by atoms with Crippen LogP contribution in [0.5, 0.6) is 0 Å². The number of nitriles is 1. The molecule has 152 valence electrons. The first-order valence-electron chi connectivity index (χ1n) is 9.82. The minimum atomic E-state index is -0.777. The molecule has 1 aliphatic carbocycles. The van der Waals surface area contributed by atoms with E-state index < -0.39 is 17.8 Å². The van der Waals surface area contributed by atoms with Gasteiger partial charge in [-0.25, -0.2) is 4.39 Å². The molecule has 1 unspecified atom stereocenters. The first-order valence-corrected chi connectivity index (χ1v) is 10.6. The molecule has 0 aliphatic heterocycles. The van der Waals surface area contributed by atoms with Crippen molar-refractivity contribution >= 4 is 28.2 Å². The van der Waals surface area contributed by atoms with E-state index >= 15 is 0 Å². The Kier molecular flexibility index (Phi) is 6.65. The number of thiophene rings is 1. The number of benzene rings is 1. The molecule has 0 saturated heterocycles. The second-order valence-corrected chi connectivity index (χ2v) is 8.68. The summed E-state index contributed by atoms with van der Waals surface area (Å²) in [7, 11) is 0. The van der Waals surface area contributed by atoms with Crippen LogP contribution in [-0.2, 0) is 17.6 Å². The molecular formula is C22H24FN3O2S. The van der Waals surface area contributed by atoms with Crippen molar-refractivity contribution in [1.29, 1.82) is 5.26 Å². The molecule has 1 heterocycles. The van der Waals surface area contributed by atoms with Gasteiger partial charge in [-0.2, -0.15) is 5.26 Å². The molecule has 1 aromatic carbocycles. The Morgan fingerprint density at radius 3 is 2.48 bits per heavy atom. The van der Waals surface area contributed by atoms with E-state index in [-0.39, 0.29) is 17.4 Å². The predicted molar refractivity (Wildman–Crippen MR) is 111 cm³/mol. The van der Waals surface area contributed by atoms with Gasteiger partial charge in [-0.05, 0) is 61.4 Å². The SMILES string of the molecule is CC(C)C(NC(=O)c1ccc(F)cc1)C(=O)Nc1sc2c(c1C#N)CCCCC2. The van der Waals surface area contributed by atoms with Crippen molar-refractivity contribution in [3.05, 3.63) is 51.7 Å². The Morgan fingerprint density at radius 2 is 1.83 bits per heavy atom. The van der Waals surface area contributed by atoms with Crippen molar-refractivity contribution in [2.45, 2.75) is 52.0 Å². The summed E-state index contributed by atoms with van der Waals surface area (Å²) < 4.78 is 13.1. The number of aryl methyl sites for hydroxylation is 1. The highest BCUT2D eigenvalue weighted by Gasteiger charge is 2.27. The lowest BCUT2D eigenvalue weighted by molar-refractivity contribution is -0.118. The van der Waals surface area contributed by atoms with Gasteiger partial charge in [-0.1, -0.05) is 20.3 Å². The average molecular weight is 414 g/mol. The molecular weight excluding hydrogens is 389 g/mol. The van der Waals surface area contributed by atoms with Crippen molar-refractivity contribution in [3.63, 3.8) is 0 Å². The summed E-state index contributed by atoms with van der Waals surface area (Å²) in [5, 5.41) is 15.8. The lowest BCUT2D eigenvalue weighted by Crippen LogP contribution is -2.47. The Bertz CT molecular complexity index is 944. The molecule has 3 rings (SSSR count). The molecule has 0 fully saturated rings. The van der Waals surface area contributed by atoms with E-state index in [1.165, 1.54) is 40.5 Å². The summed E-state index contributed by atoms with van der Waals surface area (Å²) in [6.07, 6.45) is 5.08. The molecule has 0 radical (unpaired) electrons. The largest absolute Gasteiger partial charge is 0.340 e. The smallest absolute Gasteiger partial charge is 0.251 e. The van der Waals surface area contributed by atoms with E-state index in [0.717, 1.165) is 37.7 Å². The fourth-order valence-corrected chi connectivity index (χ4v) is 4.74. The topological polar surface area (TPSA) is 82.0 Å². The molecule has 7 heteroatoms. The number of rotatable bonds is 5. The fraction of sp³-hybridized carbons (Fsp3) is 0.409. The Labute approximate surface area is 173 Å². The molecule has 2 aromatic rings. The normalized spacial score (nSPS) is 14.4. The number of nitrogens with one attached hydrogen (secondary N) is 2. The maximum Gasteiger partial charge on any atom is 0.251 e. The highest BCUT2D eigenvalue weighted by atomic mass is 32.1. The molecule has 29 heavy (non-hydrogen) atoms. The fourth-order valence-electron chi connectivity index (χ4n) is 3.50. The van der Waals surface area contributed by atoms with E-state index in [1.54, 1.807) is 0 Å². The van der Waals surface area contributed by atoms with Gasteiger partial charge in [0, 0.05) is 10.4 Å². The zero-order valence-electron chi connectivity index (χ0n) is 16.5. The van der Waals surface area contributed by atoms with Crippen LogP contribution in [0.4, 0.5) is 9.39 Å². The summed E-state index contributed by atoms with van der Waals surface area (Å²) in [5.41, 5.74) is 1.89. The van der Waals surface area contributed by atoms with Crippen molar-refractivity contribution in [3.8, 4) is 6.07 Å². The Balaban J connectivity index is 1.77. The van der Waals surface area contributed by atoms with Crippen LogP contribution in [0.25, 0.3) is 0 Å². The van der Waals surface area contributed by atoms with Crippen LogP contribution in [0.2, 0.25) is 0 Å². The number of fused-ring (bicyclic) bond motifs is 1. The van der Waals surface area contributed by atoms with Gasteiger partial charge in [0.1, 0.15) is 22.9 Å². The number of carbonyl (C=O) groups excluding carboxylic acids is 2. The number of halogens is 1. The van der Waals surface area contributed by atoms with Gasteiger partial charge >= 0.3 is 0 Å². The molecule has 0 spiro atoms. The van der Waals surface area contributed by atoms with Gasteiger partial charge in [0.15, 0.2) is 0 Å². The van der Waals surface area contributed by atoms with Gasteiger partial charge in [-0.3, -0.25) is 9.59 Å². The molecule has 2 N–H and O–H groups in total. The van der Waals surface area contributed by atoms with Crippen molar-refractivity contribution in [2.24, 2.45) is 5.92 Å². The van der Waals surface area contributed by atoms with Gasteiger partial charge in [0.2, 0.25) is 5.91 Å². The van der Waals surface area contributed by atoms with Gasteiger partial charge in [0.05, 0.1) is 5.56 Å². The van der Waals surface area contributed by atoms with E-state index in [0.29, 0.717) is 10.6 Å². The lowest BCUT2D eigenvalue weighted by atomic mass is 10.0. The van der Waals surface area contributed by atoms with Gasteiger partial charge in [-0.15, -0.1) is 11.3 Å². The molecule has 2 amide bonds. The highest BCUT2D eigenvalue weighted by Crippen LogP contribution is 2.37. The third kappa shape index (κ3) is 4.83. The van der Waals surface area contributed by atoms with Crippen LogP contribution in [0.15, 0.2) is 24.3 Å². The quantitative estimate of drug-likeness (QED) is 0.712. The van der Waals surface area contributed by atoms with Crippen LogP contribution in [0.3, 0.4) is 0 Å². The van der Waals surface area contributed by atoms with Crippen LogP contribution < -0.4 is 10.6 Å². The number of hydrogen-bond donors (Lipinski definition) is 2. The Morgan fingerprint density at radius 1 is 1.14 bits per heavy atom. The Hall–Kier alpha value is -2.72. The van der Waals surface area contributed by atoms with Crippen LogP contribution >= 0.6 is 11.3 Å².